The third-order valence-electron chi connectivity index (χ3n) is 2.41. The second kappa shape index (κ2) is 3.03. The Hall–Kier alpha value is -0.860. The maximum atomic E-state index is 11.0. The van der Waals surface area contributed by atoms with Crippen molar-refractivity contribution in [3.05, 3.63) is 0 Å². The lowest BCUT2D eigenvalue weighted by molar-refractivity contribution is -0.138. The third-order valence-corrected chi connectivity index (χ3v) is 2.41. The molecular weight excluding hydrogens is 144 g/mol. The summed E-state index contributed by atoms with van der Waals surface area (Å²) in [6.07, 6.45) is 1.47. The number of carbonyl (C=O) groups is 2. The molecule has 1 rings (SSSR count). The van der Waals surface area contributed by atoms with Gasteiger partial charge in [0.2, 0.25) is 0 Å². The third kappa shape index (κ3) is 1.79. The minimum absolute atomic E-state index is 0.0360. The Morgan fingerprint density at radius 1 is 1.73 bits per heavy atom. The van der Waals surface area contributed by atoms with Crippen LogP contribution in [-0.2, 0) is 9.59 Å². The quantitative estimate of drug-likeness (QED) is 0.650. The molecule has 0 aromatic rings. The van der Waals surface area contributed by atoms with Gasteiger partial charge in [-0.05, 0) is 12.3 Å². The normalized spacial score (nSPS) is 30.8. The SMILES string of the molecule is CC1C(=O)CC[C@@H]1CC(=O)O. The van der Waals surface area contributed by atoms with E-state index in [2.05, 4.69) is 0 Å². The molecule has 1 aliphatic carbocycles. The lowest BCUT2D eigenvalue weighted by Crippen LogP contribution is -2.14. The molecule has 11 heavy (non-hydrogen) atoms. The first-order valence-corrected chi connectivity index (χ1v) is 3.85. The first kappa shape index (κ1) is 8.24. The second-order valence-corrected chi connectivity index (χ2v) is 3.15. The van der Waals surface area contributed by atoms with Gasteiger partial charge in [-0.2, -0.15) is 0 Å². The van der Waals surface area contributed by atoms with E-state index >= 15 is 0 Å². The first-order valence-electron chi connectivity index (χ1n) is 3.85. The fourth-order valence-electron chi connectivity index (χ4n) is 1.57. The van der Waals surface area contributed by atoms with Gasteiger partial charge in [0, 0.05) is 18.8 Å². The Kier molecular flexibility index (Phi) is 2.27. The number of hydrogen-bond acceptors (Lipinski definition) is 2. The fourth-order valence-corrected chi connectivity index (χ4v) is 1.57. The van der Waals surface area contributed by atoms with Crippen molar-refractivity contribution < 1.29 is 14.7 Å². The monoisotopic (exact) mass is 156 g/mol. The lowest BCUT2D eigenvalue weighted by atomic mass is 9.94. The van der Waals surface area contributed by atoms with Crippen LogP contribution in [0.4, 0.5) is 0 Å². The Labute approximate surface area is 65.4 Å². The Balaban J connectivity index is 2.48. The number of rotatable bonds is 2. The van der Waals surface area contributed by atoms with Crippen molar-refractivity contribution in [2.45, 2.75) is 26.2 Å². The van der Waals surface area contributed by atoms with Crippen molar-refractivity contribution in [3.63, 3.8) is 0 Å². The van der Waals surface area contributed by atoms with Crippen molar-refractivity contribution >= 4 is 11.8 Å². The molecule has 0 aromatic heterocycles. The summed E-state index contributed by atoms with van der Waals surface area (Å²) in [4.78, 5) is 21.3. The standard InChI is InChI=1S/C8H12O3/c1-5-6(4-8(10)11)2-3-7(5)9/h5-6H,2-4H2,1H3,(H,10,11)/t5?,6-/m1/s1. The predicted molar refractivity (Wildman–Crippen MR) is 39.1 cm³/mol. The summed E-state index contributed by atoms with van der Waals surface area (Å²) in [6.45, 7) is 1.82. The molecule has 3 heteroatoms. The van der Waals surface area contributed by atoms with E-state index in [4.69, 9.17) is 5.11 Å². The molecule has 0 saturated heterocycles. The summed E-state index contributed by atoms with van der Waals surface area (Å²) in [6, 6.07) is 0. The number of carbonyl (C=O) groups excluding carboxylic acids is 1. The van der Waals surface area contributed by atoms with Gasteiger partial charge >= 0.3 is 5.97 Å². The minimum Gasteiger partial charge on any atom is -0.481 e. The summed E-state index contributed by atoms with van der Waals surface area (Å²) in [5.74, 6) is -0.529. The van der Waals surface area contributed by atoms with E-state index in [0.717, 1.165) is 6.42 Å². The van der Waals surface area contributed by atoms with Gasteiger partial charge in [-0.1, -0.05) is 6.92 Å². The minimum atomic E-state index is -0.795. The number of hydrogen-bond donors (Lipinski definition) is 1. The van der Waals surface area contributed by atoms with Crippen molar-refractivity contribution in [1.82, 2.24) is 0 Å². The highest BCUT2D eigenvalue weighted by Gasteiger charge is 2.31. The average Bonchev–Trinajstić information content (AvgIpc) is 2.18. The topological polar surface area (TPSA) is 54.4 Å². The van der Waals surface area contributed by atoms with E-state index in [9.17, 15) is 9.59 Å². The molecule has 1 aliphatic rings. The second-order valence-electron chi connectivity index (χ2n) is 3.15. The highest BCUT2D eigenvalue weighted by atomic mass is 16.4. The summed E-state index contributed by atoms with van der Waals surface area (Å²) in [5.41, 5.74) is 0. The zero-order chi connectivity index (χ0) is 8.43. The molecule has 0 radical (unpaired) electrons. The van der Waals surface area contributed by atoms with Crippen molar-refractivity contribution in [3.8, 4) is 0 Å². The van der Waals surface area contributed by atoms with Crippen molar-refractivity contribution in [2.75, 3.05) is 0 Å². The number of carboxylic acids is 1. The molecule has 0 amide bonds. The molecule has 0 spiro atoms. The van der Waals surface area contributed by atoms with E-state index in [-0.39, 0.29) is 24.0 Å². The number of carboxylic acid groups (broad SMARTS) is 1. The maximum Gasteiger partial charge on any atom is 0.303 e. The largest absolute Gasteiger partial charge is 0.481 e. The molecule has 1 unspecified atom stereocenters. The van der Waals surface area contributed by atoms with Gasteiger partial charge < -0.3 is 5.11 Å². The van der Waals surface area contributed by atoms with Gasteiger partial charge in [0.25, 0.3) is 0 Å². The van der Waals surface area contributed by atoms with Crippen LogP contribution in [-0.4, -0.2) is 16.9 Å². The fraction of sp³-hybridized carbons (Fsp3) is 0.750. The van der Waals surface area contributed by atoms with Gasteiger partial charge in [0.15, 0.2) is 0 Å². The lowest BCUT2D eigenvalue weighted by Gasteiger charge is -2.09. The summed E-state index contributed by atoms with van der Waals surface area (Å²) >= 11 is 0. The number of ketones is 1. The van der Waals surface area contributed by atoms with Crippen LogP contribution < -0.4 is 0 Å². The van der Waals surface area contributed by atoms with Crippen molar-refractivity contribution in [1.29, 1.82) is 0 Å². The molecule has 0 bridgehead atoms. The van der Waals surface area contributed by atoms with E-state index < -0.39 is 5.97 Å². The number of aliphatic carboxylic acids is 1. The van der Waals surface area contributed by atoms with Gasteiger partial charge in [0.05, 0.1) is 0 Å². The molecule has 0 aliphatic heterocycles. The van der Waals surface area contributed by atoms with E-state index in [1.54, 1.807) is 0 Å². The highest BCUT2D eigenvalue weighted by molar-refractivity contribution is 5.83. The first-order chi connectivity index (χ1) is 5.11. The Morgan fingerprint density at radius 3 is 2.73 bits per heavy atom. The van der Waals surface area contributed by atoms with Gasteiger partial charge in [-0.3, -0.25) is 9.59 Å². The molecule has 0 aromatic carbocycles. The van der Waals surface area contributed by atoms with Gasteiger partial charge in [-0.15, -0.1) is 0 Å². The zero-order valence-corrected chi connectivity index (χ0v) is 6.54. The van der Waals surface area contributed by atoms with Crippen LogP contribution in [0.3, 0.4) is 0 Å². The number of Topliss-reactive ketones (excluding diaryl/α,β-unsaturated/α-hetero) is 1. The Morgan fingerprint density at radius 2 is 2.36 bits per heavy atom. The average molecular weight is 156 g/mol. The van der Waals surface area contributed by atoms with E-state index in [0.29, 0.717) is 6.42 Å². The molecular formula is C8H12O3. The van der Waals surface area contributed by atoms with Crippen LogP contribution in [0.2, 0.25) is 0 Å². The van der Waals surface area contributed by atoms with Crippen LogP contribution in [0.5, 0.6) is 0 Å². The summed E-state index contributed by atoms with van der Waals surface area (Å²) in [7, 11) is 0. The van der Waals surface area contributed by atoms with Crippen LogP contribution in [0.15, 0.2) is 0 Å². The van der Waals surface area contributed by atoms with E-state index in [1.807, 2.05) is 6.92 Å². The van der Waals surface area contributed by atoms with Gasteiger partial charge in [-0.25, -0.2) is 0 Å². The van der Waals surface area contributed by atoms with Crippen LogP contribution in [0.25, 0.3) is 0 Å². The zero-order valence-electron chi connectivity index (χ0n) is 6.54. The summed E-state index contributed by atoms with van der Waals surface area (Å²) < 4.78 is 0. The highest BCUT2D eigenvalue weighted by Crippen LogP contribution is 2.30. The summed E-state index contributed by atoms with van der Waals surface area (Å²) in [5, 5.41) is 8.47. The molecule has 62 valence electrons. The molecule has 2 atom stereocenters. The smallest absolute Gasteiger partial charge is 0.303 e. The molecule has 3 nitrogen and oxygen atoms in total. The molecule has 1 N–H and O–H groups in total. The molecule has 1 saturated carbocycles. The van der Waals surface area contributed by atoms with Crippen LogP contribution in [0, 0.1) is 11.8 Å². The van der Waals surface area contributed by atoms with Crippen LogP contribution >= 0.6 is 0 Å². The van der Waals surface area contributed by atoms with Crippen LogP contribution in [0.1, 0.15) is 26.2 Å². The maximum absolute atomic E-state index is 11.0. The van der Waals surface area contributed by atoms with E-state index in [1.165, 1.54) is 0 Å². The molecule has 1 fully saturated rings. The molecule has 0 heterocycles. The van der Waals surface area contributed by atoms with Gasteiger partial charge in [0.1, 0.15) is 5.78 Å². The van der Waals surface area contributed by atoms with Crippen molar-refractivity contribution in [2.24, 2.45) is 11.8 Å². The Bertz CT molecular complexity index is 186. The predicted octanol–water partition coefficient (Wildman–Crippen LogP) is 1.08.